The molecule has 112 valence electrons. The number of methoxy groups -OCH3 is 1. The fourth-order valence-corrected chi connectivity index (χ4v) is 1.96. The molecule has 0 saturated heterocycles. The summed E-state index contributed by atoms with van der Waals surface area (Å²) in [7, 11) is 5.06. The van der Waals surface area contributed by atoms with Gasteiger partial charge >= 0.3 is 5.97 Å². The predicted octanol–water partition coefficient (Wildman–Crippen LogP) is 2.14. The monoisotopic (exact) mass is 298 g/mol. The highest BCUT2D eigenvalue weighted by atomic mass is 16.5. The summed E-state index contributed by atoms with van der Waals surface area (Å²) in [5, 5.41) is 0. The molecule has 2 heterocycles. The molecule has 3 rings (SSSR count). The third kappa shape index (κ3) is 2.48. The van der Waals surface area contributed by atoms with E-state index in [1.807, 2.05) is 14.1 Å². The minimum atomic E-state index is -0.418. The Labute approximate surface area is 126 Å². The van der Waals surface area contributed by atoms with Crippen LogP contribution < -0.4 is 4.90 Å². The van der Waals surface area contributed by atoms with Crippen LogP contribution in [0.1, 0.15) is 10.4 Å². The summed E-state index contributed by atoms with van der Waals surface area (Å²) in [6, 6.07) is 4.96. The maximum Gasteiger partial charge on any atom is 0.337 e. The largest absolute Gasteiger partial charge is 0.465 e. The number of carbonyl (C=O) groups excluding carboxylic acids is 1. The van der Waals surface area contributed by atoms with Gasteiger partial charge in [-0.3, -0.25) is 0 Å². The predicted molar refractivity (Wildman–Crippen MR) is 80.7 cm³/mol. The zero-order valence-corrected chi connectivity index (χ0v) is 12.4. The molecule has 0 unspecified atom stereocenters. The molecule has 0 bridgehead atoms. The normalized spacial score (nSPS) is 10.7. The van der Waals surface area contributed by atoms with E-state index in [1.165, 1.54) is 7.11 Å². The van der Waals surface area contributed by atoms with E-state index in [2.05, 4.69) is 19.7 Å². The fourth-order valence-electron chi connectivity index (χ4n) is 1.96. The molecule has 0 aliphatic rings. The van der Waals surface area contributed by atoms with Gasteiger partial charge in [0.1, 0.15) is 5.52 Å². The highest BCUT2D eigenvalue weighted by molar-refractivity contribution is 5.93. The molecule has 1 aromatic carbocycles. The molecule has 7 heteroatoms. The standard InChI is InChI=1S/C15H14N4O3/c1-19(2)15-16-7-10(8-17-15)13-18-11-5-4-9(14(20)21-3)6-12(11)22-13/h4-8H,1-3H3. The van der Waals surface area contributed by atoms with Gasteiger partial charge in [0.15, 0.2) is 5.58 Å². The number of esters is 1. The average Bonchev–Trinajstić information content (AvgIpc) is 2.97. The first-order chi connectivity index (χ1) is 10.6. The van der Waals surface area contributed by atoms with Crippen molar-refractivity contribution in [3.63, 3.8) is 0 Å². The van der Waals surface area contributed by atoms with Gasteiger partial charge in [-0.2, -0.15) is 0 Å². The van der Waals surface area contributed by atoms with Crippen molar-refractivity contribution in [2.24, 2.45) is 0 Å². The lowest BCUT2D eigenvalue weighted by Crippen LogP contribution is -2.12. The van der Waals surface area contributed by atoms with Crippen molar-refractivity contribution in [1.29, 1.82) is 0 Å². The van der Waals surface area contributed by atoms with Gasteiger partial charge in [-0.05, 0) is 18.2 Å². The van der Waals surface area contributed by atoms with E-state index in [4.69, 9.17) is 4.42 Å². The lowest BCUT2D eigenvalue weighted by molar-refractivity contribution is 0.0601. The quantitative estimate of drug-likeness (QED) is 0.685. The summed E-state index contributed by atoms with van der Waals surface area (Å²) in [6.45, 7) is 0. The summed E-state index contributed by atoms with van der Waals surface area (Å²) in [5.74, 6) is 0.591. The molecular weight excluding hydrogens is 284 g/mol. The van der Waals surface area contributed by atoms with Crippen molar-refractivity contribution in [2.45, 2.75) is 0 Å². The number of carbonyl (C=O) groups is 1. The smallest absolute Gasteiger partial charge is 0.337 e. The van der Waals surface area contributed by atoms with Crippen LogP contribution in [0.3, 0.4) is 0 Å². The first-order valence-corrected chi connectivity index (χ1v) is 6.57. The second kappa shape index (κ2) is 5.44. The first-order valence-electron chi connectivity index (χ1n) is 6.57. The highest BCUT2D eigenvalue weighted by Gasteiger charge is 2.13. The van der Waals surface area contributed by atoms with Crippen molar-refractivity contribution in [1.82, 2.24) is 15.0 Å². The van der Waals surface area contributed by atoms with Crippen molar-refractivity contribution < 1.29 is 13.9 Å². The third-order valence-electron chi connectivity index (χ3n) is 3.09. The van der Waals surface area contributed by atoms with Crippen LogP contribution >= 0.6 is 0 Å². The number of nitrogens with zero attached hydrogens (tertiary/aromatic N) is 4. The van der Waals surface area contributed by atoms with Crippen LogP contribution in [0, 0.1) is 0 Å². The summed E-state index contributed by atoms with van der Waals surface area (Å²) in [4.78, 5) is 26.2. The van der Waals surface area contributed by atoms with Gasteiger partial charge in [0.25, 0.3) is 0 Å². The summed E-state index contributed by atoms with van der Waals surface area (Å²) < 4.78 is 10.4. The number of rotatable bonds is 3. The Morgan fingerprint density at radius 2 is 1.95 bits per heavy atom. The Morgan fingerprint density at radius 3 is 2.59 bits per heavy atom. The van der Waals surface area contributed by atoms with E-state index in [-0.39, 0.29) is 0 Å². The molecule has 0 aliphatic heterocycles. The maximum absolute atomic E-state index is 11.5. The van der Waals surface area contributed by atoms with E-state index >= 15 is 0 Å². The Bertz CT molecular complexity index is 824. The number of ether oxygens (including phenoxy) is 1. The lowest BCUT2D eigenvalue weighted by Gasteiger charge is -2.08. The van der Waals surface area contributed by atoms with Gasteiger partial charge in [0, 0.05) is 26.5 Å². The minimum Gasteiger partial charge on any atom is -0.465 e. The molecule has 0 atom stereocenters. The lowest BCUT2D eigenvalue weighted by atomic mass is 10.2. The summed E-state index contributed by atoms with van der Waals surface area (Å²) >= 11 is 0. The molecule has 7 nitrogen and oxygen atoms in total. The van der Waals surface area contributed by atoms with Crippen LogP contribution in [0.25, 0.3) is 22.6 Å². The van der Waals surface area contributed by atoms with Crippen molar-refractivity contribution in [3.05, 3.63) is 36.2 Å². The van der Waals surface area contributed by atoms with Crippen LogP contribution in [0.2, 0.25) is 0 Å². The molecule has 3 aromatic rings. The molecule has 0 N–H and O–H groups in total. The number of aromatic nitrogens is 3. The second-order valence-corrected chi connectivity index (χ2v) is 4.86. The minimum absolute atomic E-state index is 0.405. The summed E-state index contributed by atoms with van der Waals surface area (Å²) in [5.41, 5.74) is 2.24. The van der Waals surface area contributed by atoms with Gasteiger partial charge in [0.2, 0.25) is 11.8 Å². The third-order valence-corrected chi connectivity index (χ3v) is 3.09. The van der Waals surface area contributed by atoms with E-state index in [9.17, 15) is 4.79 Å². The van der Waals surface area contributed by atoms with Crippen LogP contribution in [-0.4, -0.2) is 42.1 Å². The topological polar surface area (TPSA) is 81.4 Å². The van der Waals surface area contributed by atoms with Crippen LogP contribution in [0.4, 0.5) is 5.95 Å². The van der Waals surface area contributed by atoms with Gasteiger partial charge < -0.3 is 14.1 Å². The van der Waals surface area contributed by atoms with Crippen LogP contribution in [0.15, 0.2) is 35.0 Å². The molecule has 0 aliphatic carbocycles. The zero-order valence-electron chi connectivity index (χ0n) is 12.4. The Kier molecular flexibility index (Phi) is 3.46. The number of hydrogen-bond acceptors (Lipinski definition) is 7. The molecule has 0 fully saturated rings. The average molecular weight is 298 g/mol. The van der Waals surface area contributed by atoms with Crippen LogP contribution in [0.5, 0.6) is 0 Å². The fraction of sp³-hybridized carbons (Fsp3) is 0.200. The van der Waals surface area contributed by atoms with Gasteiger partial charge in [-0.1, -0.05) is 0 Å². The molecular formula is C15H14N4O3. The maximum atomic E-state index is 11.5. The van der Waals surface area contributed by atoms with Crippen molar-refractivity contribution in [3.8, 4) is 11.5 Å². The van der Waals surface area contributed by atoms with Gasteiger partial charge in [-0.25, -0.2) is 19.7 Å². The van der Waals surface area contributed by atoms with Crippen molar-refractivity contribution in [2.75, 3.05) is 26.1 Å². The number of fused-ring (bicyclic) bond motifs is 1. The van der Waals surface area contributed by atoms with Crippen LogP contribution in [-0.2, 0) is 4.74 Å². The Balaban J connectivity index is 1.99. The van der Waals surface area contributed by atoms with E-state index in [0.717, 1.165) is 0 Å². The first kappa shape index (κ1) is 14.0. The molecule has 0 radical (unpaired) electrons. The van der Waals surface area contributed by atoms with Gasteiger partial charge in [-0.15, -0.1) is 0 Å². The van der Waals surface area contributed by atoms with E-state index in [0.29, 0.717) is 34.1 Å². The SMILES string of the molecule is COC(=O)c1ccc2nc(-c3cnc(N(C)C)nc3)oc2c1. The number of oxazole rings is 1. The van der Waals surface area contributed by atoms with Crippen molar-refractivity contribution >= 4 is 23.0 Å². The molecule has 0 amide bonds. The van der Waals surface area contributed by atoms with E-state index in [1.54, 1.807) is 35.5 Å². The molecule has 2 aromatic heterocycles. The molecule has 0 spiro atoms. The zero-order chi connectivity index (χ0) is 15.7. The number of hydrogen-bond donors (Lipinski definition) is 0. The van der Waals surface area contributed by atoms with Gasteiger partial charge in [0.05, 0.1) is 18.2 Å². The highest BCUT2D eigenvalue weighted by Crippen LogP contribution is 2.24. The Morgan fingerprint density at radius 1 is 1.23 bits per heavy atom. The van der Waals surface area contributed by atoms with E-state index < -0.39 is 5.97 Å². The summed E-state index contributed by atoms with van der Waals surface area (Å²) in [6.07, 6.45) is 3.29. The number of anilines is 1. The number of benzene rings is 1. The second-order valence-electron chi connectivity index (χ2n) is 4.86. The molecule has 0 saturated carbocycles. The molecule has 22 heavy (non-hydrogen) atoms. The Hall–Kier alpha value is -2.96.